The SMILES string of the molecule is O=C(Nc1ccccc1F)C(Cc1ccccc1)n1cnnn1. The second kappa shape index (κ2) is 6.78. The molecule has 1 aromatic heterocycles. The number of amides is 1. The average molecular weight is 311 g/mol. The number of carbonyl (C=O) groups is 1. The van der Waals surface area contributed by atoms with Crippen LogP contribution in [0.5, 0.6) is 0 Å². The maximum Gasteiger partial charge on any atom is 0.249 e. The van der Waals surface area contributed by atoms with Gasteiger partial charge in [-0.1, -0.05) is 42.5 Å². The van der Waals surface area contributed by atoms with Gasteiger partial charge in [-0.25, -0.2) is 9.07 Å². The number of carbonyl (C=O) groups excluding carboxylic acids is 1. The number of anilines is 1. The van der Waals surface area contributed by atoms with Gasteiger partial charge >= 0.3 is 0 Å². The highest BCUT2D eigenvalue weighted by molar-refractivity contribution is 5.93. The number of benzene rings is 2. The molecule has 0 aliphatic heterocycles. The molecule has 0 bridgehead atoms. The van der Waals surface area contributed by atoms with Gasteiger partial charge in [0.2, 0.25) is 5.91 Å². The number of aromatic nitrogens is 4. The second-order valence-electron chi connectivity index (χ2n) is 4.96. The van der Waals surface area contributed by atoms with Crippen molar-refractivity contribution in [3.63, 3.8) is 0 Å². The molecule has 1 unspecified atom stereocenters. The first-order chi connectivity index (χ1) is 11.2. The Hall–Kier alpha value is -3.09. The van der Waals surface area contributed by atoms with Gasteiger partial charge in [-0.15, -0.1) is 5.10 Å². The van der Waals surface area contributed by atoms with Gasteiger partial charge in [0.05, 0.1) is 5.69 Å². The van der Waals surface area contributed by atoms with Crippen molar-refractivity contribution in [3.8, 4) is 0 Å². The number of halogens is 1. The Balaban J connectivity index is 1.83. The third kappa shape index (κ3) is 3.57. The maximum absolute atomic E-state index is 13.7. The van der Waals surface area contributed by atoms with Crippen molar-refractivity contribution in [3.05, 3.63) is 72.3 Å². The van der Waals surface area contributed by atoms with Gasteiger partial charge in [0.1, 0.15) is 18.2 Å². The first-order valence-electron chi connectivity index (χ1n) is 7.06. The van der Waals surface area contributed by atoms with Gasteiger partial charge in [0.25, 0.3) is 0 Å². The number of hydrogen-bond donors (Lipinski definition) is 1. The zero-order valence-electron chi connectivity index (χ0n) is 12.1. The van der Waals surface area contributed by atoms with Crippen molar-refractivity contribution < 1.29 is 9.18 Å². The minimum atomic E-state index is -0.674. The highest BCUT2D eigenvalue weighted by atomic mass is 19.1. The van der Waals surface area contributed by atoms with Gasteiger partial charge in [-0.2, -0.15) is 0 Å². The average Bonchev–Trinajstić information content (AvgIpc) is 3.10. The predicted molar refractivity (Wildman–Crippen MR) is 82.0 cm³/mol. The monoisotopic (exact) mass is 311 g/mol. The number of rotatable bonds is 5. The van der Waals surface area contributed by atoms with Crippen molar-refractivity contribution in [2.75, 3.05) is 5.32 Å². The number of para-hydroxylation sites is 1. The van der Waals surface area contributed by atoms with E-state index in [0.29, 0.717) is 6.42 Å². The predicted octanol–water partition coefficient (Wildman–Crippen LogP) is 2.23. The summed E-state index contributed by atoms with van der Waals surface area (Å²) in [6, 6.07) is 14.8. The van der Waals surface area contributed by atoms with Crippen LogP contribution in [0.25, 0.3) is 0 Å². The fraction of sp³-hybridized carbons (Fsp3) is 0.125. The molecule has 0 saturated carbocycles. The Labute approximate surface area is 132 Å². The molecule has 0 aliphatic carbocycles. The Morgan fingerprint density at radius 2 is 1.87 bits per heavy atom. The number of nitrogens with one attached hydrogen (secondary N) is 1. The van der Waals surface area contributed by atoms with Crippen LogP contribution in [0.1, 0.15) is 11.6 Å². The zero-order chi connectivity index (χ0) is 16.1. The van der Waals surface area contributed by atoms with Crippen LogP contribution >= 0.6 is 0 Å². The normalized spacial score (nSPS) is 11.9. The van der Waals surface area contributed by atoms with Crippen molar-refractivity contribution in [2.45, 2.75) is 12.5 Å². The lowest BCUT2D eigenvalue weighted by molar-refractivity contribution is -0.119. The molecule has 23 heavy (non-hydrogen) atoms. The third-order valence-corrected chi connectivity index (χ3v) is 3.39. The van der Waals surface area contributed by atoms with Crippen LogP contribution in [-0.2, 0) is 11.2 Å². The van der Waals surface area contributed by atoms with Gasteiger partial charge in [-0.05, 0) is 28.1 Å². The molecule has 1 amide bonds. The molecule has 1 heterocycles. The molecular weight excluding hydrogens is 297 g/mol. The molecule has 0 fully saturated rings. The summed E-state index contributed by atoms with van der Waals surface area (Å²) < 4.78 is 15.1. The zero-order valence-corrected chi connectivity index (χ0v) is 12.1. The lowest BCUT2D eigenvalue weighted by Gasteiger charge is -2.16. The van der Waals surface area contributed by atoms with Crippen LogP contribution in [-0.4, -0.2) is 26.1 Å². The molecule has 0 spiro atoms. The van der Waals surface area contributed by atoms with Crippen LogP contribution in [0, 0.1) is 5.82 Å². The molecule has 0 radical (unpaired) electrons. The quantitative estimate of drug-likeness (QED) is 0.784. The Morgan fingerprint density at radius 1 is 1.13 bits per heavy atom. The highest BCUT2D eigenvalue weighted by Gasteiger charge is 2.23. The molecule has 0 saturated heterocycles. The number of nitrogens with zero attached hydrogens (tertiary/aromatic N) is 4. The standard InChI is InChI=1S/C16H14FN5O/c17-13-8-4-5-9-14(13)19-16(23)15(22-11-18-20-21-22)10-12-6-2-1-3-7-12/h1-9,11,15H,10H2,(H,19,23). The summed E-state index contributed by atoms with van der Waals surface area (Å²) in [6.45, 7) is 0. The van der Waals surface area contributed by atoms with E-state index in [1.165, 1.54) is 23.1 Å². The molecule has 0 aliphatic rings. The van der Waals surface area contributed by atoms with Gasteiger partial charge in [-0.3, -0.25) is 4.79 Å². The lowest BCUT2D eigenvalue weighted by atomic mass is 10.1. The van der Waals surface area contributed by atoms with Crippen LogP contribution in [0.15, 0.2) is 60.9 Å². The van der Waals surface area contributed by atoms with E-state index < -0.39 is 11.9 Å². The number of hydrogen-bond acceptors (Lipinski definition) is 4. The van der Waals surface area contributed by atoms with Crippen molar-refractivity contribution in [1.82, 2.24) is 20.2 Å². The van der Waals surface area contributed by atoms with Crippen LogP contribution in [0.3, 0.4) is 0 Å². The molecule has 3 rings (SSSR count). The summed E-state index contributed by atoms with van der Waals surface area (Å²) in [4.78, 5) is 12.6. The molecule has 1 N–H and O–H groups in total. The van der Waals surface area contributed by atoms with Crippen LogP contribution < -0.4 is 5.32 Å². The minimum absolute atomic E-state index is 0.128. The first kappa shape index (κ1) is 14.8. The maximum atomic E-state index is 13.7. The van der Waals surface area contributed by atoms with Gasteiger partial charge in [0, 0.05) is 6.42 Å². The Kier molecular flexibility index (Phi) is 4.37. The summed E-state index contributed by atoms with van der Waals surface area (Å²) in [6.07, 6.45) is 1.76. The molecule has 116 valence electrons. The van der Waals surface area contributed by atoms with Gasteiger partial charge < -0.3 is 5.32 Å². The fourth-order valence-electron chi connectivity index (χ4n) is 2.23. The topological polar surface area (TPSA) is 72.7 Å². The largest absolute Gasteiger partial charge is 0.322 e. The molecular formula is C16H14FN5O. The minimum Gasteiger partial charge on any atom is -0.322 e. The Morgan fingerprint density at radius 3 is 2.57 bits per heavy atom. The molecule has 7 heteroatoms. The summed E-state index contributed by atoms with van der Waals surface area (Å²) >= 11 is 0. The molecule has 6 nitrogen and oxygen atoms in total. The van der Waals surface area contributed by atoms with Crippen molar-refractivity contribution >= 4 is 11.6 Å². The third-order valence-electron chi connectivity index (χ3n) is 3.39. The highest BCUT2D eigenvalue weighted by Crippen LogP contribution is 2.18. The lowest BCUT2D eigenvalue weighted by Crippen LogP contribution is -2.28. The van der Waals surface area contributed by atoms with E-state index in [-0.39, 0.29) is 11.6 Å². The van der Waals surface area contributed by atoms with Crippen molar-refractivity contribution in [1.29, 1.82) is 0 Å². The summed E-state index contributed by atoms with van der Waals surface area (Å²) in [7, 11) is 0. The Bertz CT molecular complexity index is 776. The van der Waals surface area contributed by atoms with Crippen LogP contribution in [0.2, 0.25) is 0 Å². The first-order valence-corrected chi connectivity index (χ1v) is 7.06. The van der Waals surface area contributed by atoms with E-state index in [1.54, 1.807) is 12.1 Å². The van der Waals surface area contributed by atoms with E-state index in [1.807, 2.05) is 30.3 Å². The van der Waals surface area contributed by atoms with E-state index in [9.17, 15) is 9.18 Å². The number of tetrazole rings is 1. The summed E-state index contributed by atoms with van der Waals surface area (Å²) in [5, 5.41) is 13.5. The summed E-state index contributed by atoms with van der Waals surface area (Å²) in [5.41, 5.74) is 1.08. The second-order valence-corrected chi connectivity index (χ2v) is 4.96. The molecule has 3 aromatic rings. The fourth-order valence-corrected chi connectivity index (χ4v) is 2.23. The summed E-state index contributed by atoms with van der Waals surface area (Å²) in [5.74, 6) is -0.873. The van der Waals surface area contributed by atoms with Crippen molar-refractivity contribution in [2.24, 2.45) is 0 Å². The van der Waals surface area contributed by atoms with Crippen LogP contribution in [0.4, 0.5) is 10.1 Å². The van der Waals surface area contributed by atoms with E-state index in [0.717, 1.165) is 5.56 Å². The molecule has 1 atom stereocenters. The van der Waals surface area contributed by atoms with E-state index >= 15 is 0 Å². The molecule has 2 aromatic carbocycles. The van der Waals surface area contributed by atoms with E-state index in [2.05, 4.69) is 20.8 Å². The van der Waals surface area contributed by atoms with E-state index in [4.69, 9.17) is 0 Å². The smallest absolute Gasteiger partial charge is 0.249 e. The van der Waals surface area contributed by atoms with Gasteiger partial charge in [0.15, 0.2) is 0 Å².